The van der Waals surface area contributed by atoms with Gasteiger partial charge in [0, 0.05) is 28.0 Å². The van der Waals surface area contributed by atoms with Crippen molar-refractivity contribution in [2.45, 2.75) is 19.4 Å². The molecule has 0 bridgehead atoms. The first-order chi connectivity index (χ1) is 8.52. The largest absolute Gasteiger partial charge is 0.468 e. The van der Waals surface area contributed by atoms with Crippen molar-refractivity contribution in [3.63, 3.8) is 0 Å². The fraction of sp³-hybridized carbons (Fsp3) is 0.308. The Balaban J connectivity index is 2.35. The molecule has 1 atom stereocenters. The van der Waals surface area contributed by atoms with Crippen molar-refractivity contribution in [2.24, 2.45) is 5.73 Å². The smallest absolute Gasteiger partial charge is 0.322 e. The van der Waals surface area contributed by atoms with Gasteiger partial charge in [-0.05, 0) is 30.2 Å². The van der Waals surface area contributed by atoms with Gasteiger partial charge < -0.3 is 15.5 Å². The highest BCUT2D eigenvalue weighted by Gasteiger charge is 2.16. The molecule has 2 aromatic rings. The lowest BCUT2D eigenvalue weighted by Crippen LogP contribution is -2.33. The van der Waals surface area contributed by atoms with Crippen LogP contribution in [0.3, 0.4) is 0 Å². The van der Waals surface area contributed by atoms with E-state index < -0.39 is 12.0 Å². The highest BCUT2D eigenvalue weighted by Crippen LogP contribution is 2.26. The maximum atomic E-state index is 11.3. The number of carbonyl (C=O) groups is 1. The minimum absolute atomic E-state index is 0.391. The minimum atomic E-state index is -0.627. The molecular weight excluding hydrogens is 296 g/mol. The molecule has 18 heavy (non-hydrogen) atoms. The highest BCUT2D eigenvalue weighted by atomic mass is 79.9. The van der Waals surface area contributed by atoms with Gasteiger partial charge in [-0.15, -0.1) is 0 Å². The predicted octanol–water partition coefficient (Wildman–Crippen LogP) is 2.28. The lowest BCUT2D eigenvalue weighted by molar-refractivity contribution is -0.142. The first kappa shape index (κ1) is 13.1. The van der Waals surface area contributed by atoms with Crippen molar-refractivity contribution in [3.05, 3.63) is 33.9 Å². The second-order valence-corrected chi connectivity index (χ2v) is 5.15. The molecule has 0 saturated carbocycles. The number of rotatable bonds is 3. The van der Waals surface area contributed by atoms with Crippen LogP contribution in [0, 0.1) is 6.92 Å². The number of aromatic amines is 1. The van der Waals surface area contributed by atoms with Crippen LogP contribution in [0.4, 0.5) is 0 Å². The van der Waals surface area contributed by atoms with Crippen molar-refractivity contribution in [1.29, 1.82) is 0 Å². The number of aromatic nitrogens is 1. The fourth-order valence-corrected chi connectivity index (χ4v) is 2.29. The van der Waals surface area contributed by atoms with Crippen molar-refractivity contribution in [3.8, 4) is 0 Å². The molecule has 1 aromatic heterocycles. The number of nitrogens with two attached hydrogens (primary N) is 1. The van der Waals surface area contributed by atoms with Crippen molar-refractivity contribution < 1.29 is 9.53 Å². The number of fused-ring (bicyclic) bond motifs is 1. The topological polar surface area (TPSA) is 68.1 Å². The summed E-state index contributed by atoms with van der Waals surface area (Å²) in [5.74, 6) is -0.391. The van der Waals surface area contributed by atoms with Crippen LogP contribution in [0.2, 0.25) is 0 Å². The Morgan fingerprint density at radius 1 is 1.56 bits per heavy atom. The number of esters is 1. The maximum Gasteiger partial charge on any atom is 0.322 e. The molecule has 0 aliphatic rings. The molecule has 1 heterocycles. The third kappa shape index (κ3) is 2.42. The molecule has 1 unspecified atom stereocenters. The Bertz CT molecular complexity index is 592. The fourth-order valence-electron chi connectivity index (χ4n) is 1.95. The number of benzene rings is 1. The average molecular weight is 311 g/mol. The Hall–Kier alpha value is -1.33. The Labute approximate surface area is 114 Å². The van der Waals surface area contributed by atoms with Gasteiger partial charge in [-0.2, -0.15) is 0 Å². The van der Waals surface area contributed by atoms with Crippen molar-refractivity contribution in [2.75, 3.05) is 7.11 Å². The highest BCUT2D eigenvalue weighted by molar-refractivity contribution is 9.10. The molecule has 2 rings (SSSR count). The van der Waals surface area contributed by atoms with Crippen LogP contribution in [-0.2, 0) is 16.0 Å². The molecule has 0 amide bonds. The van der Waals surface area contributed by atoms with Crippen LogP contribution >= 0.6 is 15.9 Å². The quantitative estimate of drug-likeness (QED) is 0.855. The number of H-pyrrole nitrogens is 1. The molecule has 0 aliphatic heterocycles. The molecule has 3 N–H and O–H groups in total. The van der Waals surface area contributed by atoms with Gasteiger partial charge in [-0.1, -0.05) is 15.9 Å². The summed E-state index contributed by atoms with van der Waals surface area (Å²) in [5.41, 5.74) is 8.98. The molecule has 0 fully saturated rings. The Kier molecular flexibility index (Phi) is 3.73. The second kappa shape index (κ2) is 5.12. The molecule has 0 radical (unpaired) electrons. The molecule has 96 valence electrons. The zero-order valence-corrected chi connectivity index (χ0v) is 11.9. The summed E-state index contributed by atoms with van der Waals surface area (Å²) in [5, 5.41) is 1.09. The first-order valence-electron chi connectivity index (χ1n) is 5.62. The van der Waals surface area contributed by atoms with E-state index in [1.807, 2.05) is 19.2 Å². The molecule has 0 aliphatic carbocycles. The minimum Gasteiger partial charge on any atom is -0.468 e. The van der Waals surface area contributed by atoms with E-state index in [4.69, 9.17) is 5.73 Å². The number of hydrogen-bond donors (Lipinski definition) is 2. The number of hydrogen-bond acceptors (Lipinski definition) is 3. The van der Waals surface area contributed by atoms with Gasteiger partial charge in [-0.25, -0.2) is 0 Å². The molecule has 5 heteroatoms. The molecule has 1 aromatic carbocycles. The van der Waals surface area contributed by atoms with Gasteiger partial charge in [0.1, 0.15) is 6.04 Å². The summed E-state index contributed by atoms with van der Waals surface area (Å²) in [4.78, 5) is 14.5. The van der Waals surface area contributed by atoms with Crippen LogP contribution in [0.5, 0.6) is 0 Å². The van der Waals surface area contributed by atoms with Crippen molar-refractivity contribution in [1.82, 2.24) is 4.98 Å². The van der Waals surface area contributed by atoms with E-state index in [9.17, 15) is 4.79 Å². The van der Waals surface area contributed by atoms with E-state index in [1.54, 1.807) is 0 Å². The number of nitrogens with one attached hydrogen (secondary N) is 1. The number of aryl methyl sites for hydroxylation is 1. The van der Waals surface area contributed by atoms with Crippen molar-refractivity contribution >= 4 is 32.8 Å². The van der Waals surface area contributed by atoms with Gasteiger partial charge in [-0.3, -0.25) is 4.79 Å². The lowest BCUT2D eigenvalue weighted by atomic mass is 10.0. The summed E-state index contributed by atoms with van der Waals surface area (Å²) in [6.07, 6.45) is 2.35. The van der Waals surface area contributed by atoms with E-state index in [-0.39, 0.29) is 0 Å². The molecule has 4 nitrogen and oxygen atoms in total. The monoisotopic (exact) mass is 310 g/mol. The van der Waals surface area contributed by atoms with Gasteiger partial charge in [0.15, 0.2) is 0 Å². The van der Waals surface area contributed by atoms with E-state index in [0.29, 0.717) is 6.42 Å². The predicted molar refractivity (Wildman–Crippen MR) is 74.4 cm³/mol. The summed E-state index contributed by atoms with van der Waals surface area (Å²) in [6, 6.07) is 3.48. The normalized spacial score (nSPS) is 12.7. The van der Waals surface area contributed by atoms with Crippen LogP contribution in [0.1, 0.15) is 11.1 Å². The van der Waals surface area contributed by atoms with Crippen LogP contribution < -0.4 is 5.73 Å². The second-order valence-electron chi connectivity index (χ2n) is 4.29. The van der Waals surface area contributed by atoms with Crippen LogP contribution in [-0.4, -0.2) is 24.1 Å². The van der Waals surface area contributed by atoms with E-state index in [0.717, 1.165) is 26.5 Å². The zero-order valence-electron chi connectivity index (χ0n) is 10.3. The number of ether oxygens (including phenoxy) is 1. The number of carbonyl (C=O) groups excluding carboxylic acids is 1. The average Bonchev–Trinajstić information content (AvgIpc) is 2.71. The summed E-state index contributed by atoms with van der Waals surface area (Å²) in [7, 11) is 1.35. The number of methoxy groups -OCH3 is 1. The Morgan fingerprint density at radius 3 is 2.94 bits per heavy atom. The molecule has 0 saturated heterocycles. The lowest BCUT2D eigenvalue weighted by Gasteiger charge is -2.08. The van der Waals surface area contributed by atoms with Gasteiger partial charge in [0.2, 0.25) is 0 Å². The van der Waals surface area contributed by atoms with E-state index in [1.165, 1.54) is 7.11 Å². The van der Waals surface area contributed by atoms with E-state index >= 15 is 0 Å². The van der Waals surface area contributed by atoms with Gasteiger partial charge in [0.05, 0.1) is 7.11 Å². The third-order valence-corrected chi connectivity index (χ3v) is 3.84. The van der Waals surface area contributed by atoms with E-state index in [2.05, 4.69) is 31.7 Å². The number of halogens is 1. The first-order valence-corrected chi connectivity index (χ1v) is 6.41. The van der Waals surface area contributed by atoms with Crippen LogP contribution in [0.15, 0.2) is 22.8 Å². The third-order valence-electron chi connectivity index (χ3n) is 2.99. The zero-order chi connectivity index (χ0) is 13.3. The SMILES string of the molecule is COC(=O)C(N)Cc1c[nH]c2cc(Br)c(C)cc12. The molecular formula is C13H15BrN2O2. The standard InChI is InChI=1S/C13H15BrN2O2/c1-7-3-9-8(4-11(15)13(17)18-2)6-16-12(9)5-10(7)14/h3,5-6,11,16H,4,15H2,1-2H3. The summed E-state index contributed by atoms with van der Waals surface area (Å²) >= 11 is 3.49. The van der Waals surface area contributed by atoms with Crippen LogP contribution in [0.25, 0.3) is 10.9 Å². The summed E-state index contributed by atoms with van der Waals surface area (Å²) in [6.45, 7) is 2.03. The molecule has 0 spiro atoms. The maximum absolute atomic E-state index is 11.3. The summed E-state index contributed by atoms with van der Waals surface area (Å²) < 4.78 is 5.69. The Morgan fingerprint density at radius 2 is 2.28 bits per heavy atom. The van der Waals surface area contributed by atoms with Gasteiger partial charge in [0.25, 0.3) is 0 Å². The van der Waals surface area contributed by atoms with Gasteiger partial charge >= 0.3 is 5.97 Å².